The number of rotatable bonds is 6. The van der Waals surface area contributed by atoms with Crippen molar-refractivity contribution in [2.24, 2.45) is 17.5 Å². The minimum absolute atomic E-state index is 0.457. The van der Waals surface area contributed by atoms with Crippen molar-refractivity contribution in [1.82, 2.24) is 14.6 Å². The highest BCUT2D eigenvalue weighted by Crippen LogP contribution is 2.39. The zero-order chi connectivity index (χ0) is 27.2. The van der Waals surface area contributed by atoms with Crippen molar-refractivity contribution in [2.75, 3.05) is 33.6 Å². The van der Waals surface area contributed by atoms with E-state index in [2.05, 4.69) is 10.6 Å². The van der Waals surface area contributed by atoms with E-state index in [0.29, 0.717) is 23.1 Å². The van der Waals surface area contributed by atoms with E-state index in [1.165, 1.54) is 5.01 Å². The van der Waals surface area contributed by atoms with Gasteiger partial charge < -0.3 is 24.8 Å². The molecule has 8 nitrogen and oxygen atoms in total. The number of hydrazine groups is 1. The fraction of sp³-hybridized carbons (Fsp3) is 0.345. The first-order valence-electron chi connectivity index (χ1n) is 12.7. The molecule has 9 heteroatoms. The molecule has 0 radical (unpaired) electrons. The van der Waals surface area contributed by atoms with Gasteiger partial charge in [-0.2, -0.15) is 0 Å². The predicted molar refractivity (Wildman–Crippen MR) is 155 cm³/mol. The molecule has 0 saturated carbocycles. The first kappa shape index (κ1) is 27.6. The molecule has 1 saturated heterocycles. The Kier molecular flexibility index (Phi) is 9.04. The van der Waals surface area contributed by atoms with Gasteiger partial charge in [0.15, 0.2) is 0 Å². The van der Waals surface area contributed by atoms with E-state index in [9.17, 15) is 4.21 Å². The Labute approximate surface area is 226 Å². The maximum atomic E-state index is 12.7. The highest BCUT2D eigenvalue weighted by Gasteiger charge is 2.24. The summed E-state index contributed by atoms with van der Waals surface area (Å²) in [6, 6.07) is 17.8. The van der Waals surface area contributed by atoms with Gasteiger partial charge in [0.2, 0.25) is 0 Å². The van der Waals surface area contributed by atoms with E-state index in [1.807, 2.05) is 55.5 Å². The van der Waals surface area contributed by atoms with Crippen LogP contribution in [0, 0.1) is 5.92 Å². The lowest BCUT2D eigenvalue weighted by atomic mass is 10.0. The van der Waals surface area contributed by atoms with E-state index in [-0.39, 0.29) is 0 Å². The molecule has 1 atom stereocenters. The van der Waals surface area contributed by atoms with E-state index in [1.54, 1.807) is 26.6 Å². The van der Waals surface area contributed by atoms with Crippen molar-refractivity contribution in [3.63, 3.8) is 0 Å². The van der Waals surface area contributed by atoms with E-state index < -0.39 is 10.8 Å². The summed E-state index contributed by atoms with van der Waals surface area (Å²) in [7, 11) is 2.23. The third kappa shape index (κ3) is 5.85. The van der Waals surface area contributed by atoms with E-state index >= 15 is 0 Å². The number of nitrogens with two attached hydrogens (primary N) is 2. The monoisotopic (exact) mass is 535 g/mol. The number of hydrogen-bond acceptors (Lipinski definition) is 7. The summed E-state index contributed by atoms with van der Waals surface area (Å²) in [5, 5.41) is 2.39. The second-order valence-electron chi connectivity index (χ2n) is 9.50. The van der Waals surface area contributed by atoms with Crippen LogP contribution in [0.5, 0.6) is 5.75 Å². The van der Waals surface area contributed by atoms with Gasteiger partial charge >= 0.3 is 0 Å². The lowest BCUT2D eigenvalue weighted by Gasteiger charge is -2.24. The smallest absolute Gasteiger partial charge is 0.130 e. The molecule has 1 fully saturated rings. The van der Waals surface area contributed by atoms with E-state index in [4.69, 9.17) is 26.0 Å². The van der Waals surface area contributed by atoms with Gasteiger partial charge in [0.1, 0.15) is 5.75 Å². The zero-order valence-corrected chi connectivity index (χ0v) is 23.3. The number of methoxy groups -OCH3 is 1. The number of nitrogens with zero attached hydrogens (tertiary/aromatic N) is 3. The van der Waals surface area contributed by atoms with Crippen molar-refractivity contribution in [3.8, 4) is 5.75 Å². The minimum Gasteiger partial charge on any atom is -0.496 e. The third-order valence-corrected chi connectivity index (χ3v) is 7.69. The Balaban J connectivity index is 0.000000494. The van der Waals surface area contributed by atoms with Crippen LogP contribution in [0.4, 0.5) is 0 Å². The summed E-state index contributed by atoms with van der Waals surface area (Å²) < 4.78 is 26.2. The van der Waals surface area contributed by atoms with E-state index in [0.717, 1.165) is 65.0 Å². The number of allylic oxidation sites excluding steroid dienone is 1. The molecule has 2 aromatic heterocycles. The van der Waals surface area contributed by atoms with Crippen molar-refractivity contribution in [3.05, 3.63) is 72.1 Å². The van der Waals surface area contributed by atoms with Crippen LogP contribution in [-0.4, -0.2) is 52.4 Å². The van der Waals surface area contributed by atoms with Gasteiger partial charge in [-0.1, -0.05) is 36.4 Å². The van der Waals surface area contributed by atoms with Crippen molar-refractivity contribution in [1.29, 1.82) is 0 Å². The quantitative estimate of drug-likeness (QED) is 0.276. The second kappa shape index (κ2) is 12.4. The minimum atomic E-state index is -1.17. The Morgan fingerprint density at radius 3 is 2.34 bits per heavy atom. The Hall–Kier alpha value is -3.40. The van der Waals surface area contributed by atoms with Crippen LogP contribution in [0.15, 0.2) is 71.4 Å². The number of ether oxygens (including phenoxy) is 2. The second-order valence-corrected chi connectivity index (χ2v) is 10.8. The fourth-order valence-corrected chi connectivity index (χ4v) is 5.77. The summed E-state index contributed by atoms with van der Waals surface area (Å²) >= 11 is 0. The van der Waals surface area contributed by atoms with Crippen LogP contribution < -0.4 is 16.3 Å². The molecular formula is C29H37N5O3S. The highest BCUT2D eigenvalue weighted by atomic mass is 32.2. The van der Waals surface area contributed by atoms with Crippen LogP contribution in [0.1, 0.15) is 25.3 Å². The lowest BCUT2D eigenvalue weighted by Crippen LogP contribution is -2.26. The molecule has 1 aliphatic heterocycles. The number of pyridine rings is 1. The molecule has 1 aliphatic rings. The Morgan fingerprint density at radius 1 is 1.18 bits per heavy atom. The summed E-state index contributed by atoms with van der Waals surface area (Å²) in [4.78, 5) is 5.59. The van der Waals surface area contributed by atoms with Crippen LogP contribution in [0.25, 0.3) is 27.6 Å². The zero-order valence-electron chi connectivity index (χ0n) is 22.5. The summed E-state index contributed by atoms with van der Waals surface area (Å²) in [6.07, 6.45) is 5.46. The maximum Gasteiger partial charge on any atom is 0.130 e. The molecular weight excluding hydrogens is 498 g/mol. The molecule has 0 amide bonds. The van der Waals surface area contributed by atoms with Gasteiger partial charge in [0, 0.05) is 50.5 Å². The molecule has 0 bridgehead atoms. The molecule has 4 N–H and O–H groups in total. The molecule has 5 rings (SSSR count). The molecule has 202 valence electrons. The van der Waals surface area contributed by atoms with Crippen LogP contribution in [0.3, 0.4) is 0 Å². The van der Waals surface area contributed by atoms with Crippen LogP contribution in [0.2, 0.25) is 0 Å². The highest BCUT2D eigenvalue weighted by molar-refractivity contribution is 7.84. The van der Waals surface area contributed by atoms with Crippen molar-refractivity contribution < 1.29 is 13.7 Å². The molecule has 0 spiro atoms. The first-order valence-corrected chi connectivity index (χ1v) is 14.2. The Morgan fingerprint density at radius 2 is 1.82 bits per heavy atom. The fourth-order valence-electron chi connectivity index (χ4n) is 5.03. The van der Waals surface area contributed by atoms with Gasteiger partial charge in [-0.25, -0.2) is 5.84 Å². The van der Waals surface area contributed by atoms with Gasteiger partial charge in [-0.15, -0.1) is 0 Å². The van der Waals surface area contributed by atoms with Gasteiger partial charge in [0.05, 0.1) is 50.4 Å². The molecule has 3 heterocycles. The topological polar surface area (TPSA) is 109 Å². The first-order chi connectivity index (χ1) is 18.3. The number of hydrogen-bond donors (Lipinski definition) is 2. The lowest BCUT2D eigenvalue weighted by molar-refractivity contribution is 0.0619. The van der Waals surface area contributed by atoms with Gasteiger partial charge in [0.25, 0.3) is 0 Å². The Bertz CT molecular complexity index is 1410. The SMILES string of the molecule is COc1ccc(S(C)=O)c2c1c1ncc(/C(=C(\C)N)N(C)N)cc1n2CC1CCOCC1.c1ccccc1. The third-order valence-electron chi connectivity index (χ3n) is 6.75. The summed E-state index contributed by atoms with van der Waals surface area (Å²) in [5.74, 6) is 7.24. The van der Waals surface area contributed by atoms with Gasteiger partial charge in [-0.05, 0) is 43.9 Å². The maximum absolute atomic E-state index is 12.7. The number of benzene rings is 2. The average molecular weight is 536 g/mol. The average Bonchev–Trinajstić information content (AvgIpc) is 3.23. The molecule has 2 aromatic carbocycles. The largest absolute Gasteiger partial charge is 0.496 e. The summed E-state index contributed by atoms with van der Waals surface area (Å²) in [6.45, 7) is 4.13. The van der Waals surface area contributed by atoms with Crippen LogP contribution in [-0.2, 0) is 22.1 Å². The van der Waals surface area contributed by atoms with Gasteiger partial charge in [-0.3, -0.25) is 9.19 Å². The standard InChI is InChI=1S/C23H31N5O3S.C6H6/c1-14(24)22(27(2)25)16-11-17-21(26-12-16)20-18(30-3)5-6-19(32(4)29)23(20)28(17)13-15-7-9-31-10-8-15;1-2-4-6-5-3-1/h5-6,11-12,15H,7-10,13,24-25H2,1-4H3;1-6H/b22-14-;. The van der Waals surface area contributed by atoms with Crippen LogP contribution >= 0.6 is 0 Å². The molecule has 1 unspecified atom stereocenters. The number of aromatic nitrogens is 2. The number of fused-ring (bicyclic) bond motifs is 3. The van der Waals surface area contributed by atoms with Crippen molar-refractivity contribution >= 4 is 38.4 Å². The molecule has 38 heavy (non-hydrogen) atoms. The molecule has 0 aliphatic carbocycles. The normalized spacial score (nSPS) is 15.5. The van der Waals surface area contributed by atoms with Crippen molar-refractivity contribution in [2.45, 2.75) is 31.2 Å². The molecule has 4 aromatic rings. The predicted octanol–water partition coefficient (Wildman–Crippen LogP) is 4.50. The summed E-state index contributed by atoms with van der Waals surface area (Å²) in [5.41, 5.74) is 11.0.